The third-order valence-corrected chi connectivity index (χ3v) is 6.14. The van der Waals surface area contributed by atoms with Crippen molar-refractivity contribution in [2.45, 2.75) is 20.4 Å². The van der Waals surface area contributed by atoms with E-state index >= 15 is 0 Å². The van der Waals surface area contributed by atoms with Gasteiger partial charge in [0.2, 0.25) is 0 Å². The van der Waals surface area contributed by atoms with Crippen LogP contribution in [0.2, 0.25) is 0 Å². The minimum atomic E-state index is -0.389. The van der Waals surface area contributed by atoms with E-state index in [1.54, 1.807) is 6.07 Å². The molecule has 5 rings (SSSR count). The second-order valence-electron chi connectivity index (χ2n) is 9.66. The van der Waals surface area contributed by atoms with Crippen molar-refractivity contribution < 1.29 is 9.13 Å². The summed E-state index contributed by atoms with van der Waals surface area (Å²) >= 11 is 0. The van der Waals surface area contributed by atoms with Crippen LogP contribution in [-0.4, -0.2) is 39.3 Å². The van der Waals surface area contributed by atoms with E-state index in [2.05, 4.69) is 56.8 Å². The Kier molecular flexibility index (Phi) is 7.77. The number of H-pyrrole nitrogens is 1. The normalized spacial score (nSPS) is 11.0. The van der Waals surface area contributed by atoms with Crippen molar-refractivity contribution in [2.75, 3.05) is 23.9 Å². The minimum absolute atomic E-state index is 0.389. The fourth-order valence-corrected chi connectivity index (χ4v) is 4.48. The lowest BCUT2D eigenvalue weighted by Crippen LogP contribution is -2.28. The number of methoxy groups -OCH3 is 1. The summed E-state index contributed by atoms with van der Waals surface area (Å²) in [6.45, 7) is 5.86. The van der Waals surface area contributed by atoms with Gasteiger partial charge in [-0.3, -0.25) is 0 Å². The predicted octanol–water partition coefficient (Wildman–Crippen LogP) is 6.48. The number of aromatic amines is 1. The number of ether oxygens (including phenoxy) is 1. The zero-order valence-electron chi connectivity index (χ0n) is 22.1. The van der Waals surface area contributed by atoms with Gasteiger partial charge in [-0.1, -0.05) is 68.4 Å². The van der Waals surface area contributed by atoms with E-state index in [1.807, 2.05) is 54.6 Å². The number of tetrazole rings is 1. The smallest absolute Gasteiger partial charge is 0.180 e. The average molecular weight is 524 g/mol. The molecule has 198 valence electrons. The summed E-state index contributed by atoms with van der Waals surface area (Å²) in [7, 11) is 1.52. The van der Waals surface area contributed by atoms with E-state index in [9.17, 15) is 4.39 Å². The molecule has 0 amide bonds. The van der Waals surface area contributed by atoms with Crippen molar-refractivity contribution in [1.82, 2.24) is 25.6 Å². The summed E-state index contributed by atoms with van der Waals surface area (Å²) in [4.78, 5) is 7.38. The molecule has 3 aromatic carbocycles. The first kappa shape index (κ1) is 25.8. The minimum Gasteiger partial charge on any atom is -0.497 e. The van der Waals surface area contributed by atoms with E-state index < -0.39 is 0 Å². The zero-order valence-corrected chi connectivity index (χ0v) is 22.1. The topological polar surface area (TPSA) is 91.8 Å². The third-order valence-electron chi connectivity index (χ3n) is 6.14. The number of rotatable bonds is 10. The van der Waals surface area contributed by atoms with Crippen molar-refractivity contribution in [3.63, 3.8) is 0 Å². The molecular formula is C30H30FN7O. The Balaban J connectivity index is 1.63. The van der Waals surface area contributed by atoms with Crippen LogP contribution in [0.1, 0.15) is 19.4 Å². The van der Waals surface area contributed by atoms with E-state index in [-0.39, 0.29) is 5.82 Å². The molecule has 39 heavy (non-hydrogen) atoms. The van der Waals surface area contributed by atoms with E-state index in [1.165, 1.54) is 24.8 Å². The van der Waals surface area contributed by atoms with Gasteiger partial charge in [0, 0.05) is 53.8 Å². The molecule has 0 atom stereocenters. The maximum atomic E-state index is 14.3. The van der Waals surface area contributed by atoms with Crippen molar-refractivity contribution in [2.24, 2.45) is 5.92 Å². The van der Waals surface area contributed by atoms with Crippen LogP contribution in [-0.2, 0) is 6.54 Å². The number of halogens is 1. The SMILES string of the molecule is COc1cc(F)cc(Nc2cc(-c3ccccc3-c3nnn[nH]3)nc(N(Cc3ccccc3)CC(C)C)c2)c1. The highest BCUT2D eigenvalue weighted by Crippen LogP contribution is 2.34. The Morgan fingerprint density at radius 1 is 0.923 bits per heavy atom. The molecule has 8 nitrogen and oxygen atoms in total. The predicted molar refractivity (Wildman–Crippen MR) is 151 cm³/mol. The number of hydrogen-bond acceptors (Lipinski definition) is 7. The molecule has 9 heteroatoms. The van der Waals surface area contributed by atoms with Gasteiger partial charge < -0.3 is 15.0 Å². The molecule has 0 aliphatic heterocycles. The second-order valence-corrected chi connectivity index (χ2v) is 9.66. The van der Waals surface area contributed by atoms with Crippen molar-refractivity contribution >= 4 is 17.2 Å². The number of aromatic nitrogens is 5. The highest BCUT2D eigenvalue weighted by molar-refractivity contribution is 5.81. The molecule has 2 heterocycles. The molecule has 0 saturated carbocycles. The highest BCUT2D eigenvalue weighted by atomic mass is 19.1. The number of hydrogen-bond donors (Lipinski definition) is 2. The van der Waals surface area contributed by atoms with Crippen LogP contribution >= 0.6 is 0 Å². The molecule has 0 saturated heterocycles. The summed E-state index contributed by atoms with van der Waals surface area (Å²) < 4.78 is 19.6. The molecule has 0 aliphatic rings. The molecule has 2 aromatic heterocycles. The van der Waals surface area contributed by atoms with Crippen molar-refractivity contribution in [3.8, 4) is 28.4 Å². The van der Waals surface area contributed by atoms with Gasteiger partial charge in [-0.15, -0.1) is 5.10 Å². The third kappa shape index (κ3) is 6.38. The number of nitrogens with zero attached hydrogens (tertiary/aromatic N) is 5. The summed E-state index contributed by atoms with van der Waals surface area (Å²) in [5.74, 6) is 1.78. The van der Waals surface area contributed by atoms with Gasteiger partial charge in [0.05, 0.1) is 12.8 Å². The van der Waals surface area contributed by atoms with E-state index in [0.717, 1.165) is 34.9 Å². The fraction of sp³-hybridized carbons (Fsp3) is 0.200. The monoisotopic (exact) mass is 523 g/mol. The summed E-state index contributed by atoms with van der Waals surface area (Å²) in [5, 5.41) is 17.8. The van der Waals surface area contributed by atoms with Gasteiger partial charge >= 0.3 is 0 Å². The Morgan fingerprint density at radius 3 is 2.38 bits per heavy atom. The molecule has 5 aromatic rings. The first-order chi connectivity index (χ1) is 19.0. The molecule has 0 bridgehead atoms. The molecule has 0 fully saturated rings. The molecule has 0 spiro atoms. The van der Waals surface area contributed by atoms with Gasteiger partial charge in [0.25, 0.3) is 0 Å². The number of pyridine rings is 1. The van der Waals surface area contributed by atoms with Crippen molar-refractivity contribution in [3.05, 3.63) is 96.3 Å². The van der Waals surface area contributed by atoms with Gasteiger partial charge in [0.15, 0.2) is 5.82 Å². The lowest BCUT2D eigenvalue weighted by atomic mass is 10.0. The Hall–Kier alpha value is -4.79. The largest absolute Gasteiger partial charge is 0.497 e. The highest BCUT2D eigenvalue weighted by Gasteiger charge is 2.17. The van der Waals surface area contributed by atoms with Gasteiger partial charge in [-0.05, 0) is 34.0 Å². The standard InChI is InChI=1S/C30H30FN7O/c1-20(2)18-38(19-21-9-5-4-6-10-21)29-17-24(32-23-13-22(31)14-25(15-23)39-3)16-28(33-29)26-11-7-8-12-27(26)30-34-36-37-35-30/h4-17,20H,18-19H2,1-3H3,(H,32,33)(H,34,35,36,37). The first-order valence-electron chi connectivity index (χ1n) is 12.7. The van der Waals surface area contributed by atoms with Crippen LogP contribution in [0, 0.1) is 11.7 Å². The Bertz CT molecular complexity index is 1520. The number of benzene rings is 3. The molecule has 0 aliphatic carbocycles. The maximum Gasteiger partial charge on any atom is 0.180 e. The Labute approximate surface area is 226 Å². The maximum absolute atomic E-state index is 14.3. The van der Waals surface area contributed by atoms with Crippen LogP contribution in [0.15, 0.2) is 84.9 Å². The average Bonchev–Trinajstić information content (AvgIpc) is 3.47. The zero-order chi connectivity index (χ0) is 27.2. The summed E-state index contributed by atoms with van der Waals surface area (Å²) in [6, 6.07) is 26.6. The molecule has 2 N–H and O–H groups in total. The first-order valence-corrected chi connectivity index (χ1v) is 12.7. The fourth-order valence-electron chi connectivity index (χ4n) is 4.48. The number of anilines is 3. The van der Waals surface area contributed by atoms with Gasteiger partial charge in [0.1, 0.15) is 17.4 Å². The van der Waals surface area contributed by atoms with Crippen LogP contribution < -0.4 is 15.0 Å². The lowest BCUT2D eigenvalue weighted by Gasteiger charge is -2.27. The number of nitrogens with one attached hydrogen (secondary N) is 2. The van der Waals surface area contributed by atoms with Crippen LogP contribution in [0.3, 0.4) is 0 Å². The molecular weight excluding hydrogens is 493 g/mol. The van der Waals surface area contributed by atoms with Crippen LogP contribution in [0.4, 0.5) is 21.6 Å². The quantitative estimate of drug-likeness (QED) is 0.216. The van der Waals surface area contributed by atoms with Gasteiger partial charge in [-0.25, -0.2) is 14.5 Å². The van der Waals surface area contributed by atoms with E-state index in [0.29, 0.717) is 29.7 Å². The Morgan fingerprint density at radius 2 is 1.67 bits per heavy atom. The van der Waals surface area contributed by atoms with Crippen molar-refractivity contribution in [1.29, 1.82) is 0 Å². The molecule has 0 unspecified atom stereocenters. The summed E-state index contributed by atoms with van der Waals surface area (Å²) in [5.41, 5.74) is 4.93. The second kappa shape index (κ2) is 11.7. The lowest BCUT2D eigenvalue weighted by molar-refractivity contribution is 0.411. The summed E-state index contributed by atoms with van der Waals surface area (Å²) in [6.07, 6.45) is 0. The van der Waals surface area contributed by atoms with Crippen LogP contribution in [0.25, 0.3) is 22.6 Å². The van der Waals surface area contributed by atoms with Gasteiger partial charge in [-0.2, -0.15) is 0 Å². The van der Waals surface area contributed by atoms with Crippen LogP contribution in [0.5, 0.6) is 5.75 Å². The molecule has 0 radical (unpaired) electrons. The van der Waals surface area contributed by atoms with E-state index in [4.69, 9.17) is 9.72 Å².